The zero-order valence-electron chi connectivity index (χ0n) is 36.1. The minimum atomic E-state index is 0.538. The summed E-state index contributed by atoms with van der Waals surface area (Å²) in [5.74, 6) is 1.67. The van der Waals surface area contributed by atoms with Crippen LogP contribution < -0.4 is 0 Å². The van der Waals surface area contributed by atoms with Crippen molar-refractivity contribution in [3.63, 3.8) is 0 Å². The second kappa shape index (κ2) is 16.7. The molecule has 0 unspecified atom stereocenters. The Labute approximate surface area is 387 Å². The summed E-state index contributed by atoms with van der Waals surface area (Å²) < 4.78 is 6.76. The van der Waals surface area contributed by atoms with Crippen molar-refractivity contribution >= 4 is 32.7 Å². The normalized spacial score (nSPS) is 11.3. The van der Waals surface area contributed by atoms with Crippen LogP contribution in [0.25, 0.3) is 123 Å². The Morgan fingerprint density at radius 1 is 0.313 bits per heavy atom. The van der Waals surface area contributed by atoms with Gasteiger partial charge < -0.3 is 4.42 Å². The zero-order chi connectivity index (χ0) is 44.7. The van der Waals surface area contributed by atoms with Crippen molar-refractivity contribution in [1.29, 1.82) is 5.26 Å². The number of hydrogen-bond acceptors (Lipinski definition) is 5. The maximum absolute atomic E-state index is 9.46. The van der Waals surface area contributed by atoms with E-state index in [-0.39, 0.29) is 0 Å². The quantitative estimate of drug-likeness (QED) is 0.152. The van der Waals surface area contributed by atoms with E-state index in [2.05, 4.69) is 176 Å². The predicted molar refractivity (Wildman–Crippen MR) is 273 cm³/mol. The number of benzene rings is 10. The van der Waals surface area contributed by atoms with Crippen LogP contribution in [0.5, 0.6) is 0 Å². The number of nitrogens with zero attached hydrogens (tertiary/aromatic N) is 4. The molecule has 312 valence electrons. The van der Waals surface area contributed by atoms with Gasteiger partial charge in [-0.25, -0.2) is 15.0 Å². The lowest BCUT2D eigenvalue weighted by molar-refractivity contribution is 0.669. The summed E-state index contributed by atoms with van der Waals surface area (Å²) in [6, 6.07) is 81.8. The SMILES string of the molecule is N#Cc1ccc(-c2cc3oc4cc(-c5nc(-c6ccccc6)nc(-c6cc(-c7ccccc7)c(-c7cccc(-c8ccccc8)c7)c(-c7ccccc7)c6)n5)ccc4c3c3ccccc23)cc1. The molecule has 0 aliphatic carbocycles. The molecule has 2 heterocycles. The zero-order valence-corrected chi connectivity index (χ0v) is 36.1. The Morgan fingerprint density at radius 2 is 0.806 bits per heavy atom. The first kappa shape index (κ1) is 39.4. The van der Waals surface area contributed by atoms with Crippen LogP contribution in [0.1, 0.15) is 5.56 Å². The van der Waals surface area contributed by atoms with Crippen LogP contribution in [0, 0.1) is 11.3 Å². The molecular weight excluding hydrogens is 817 g/mol. The second-order valence-corrected chi connectivity index (χ2v) is 16.6. The third kappa shape index (κ3) is 7.29. The summed E-state index contributed by atoms with van der Waals surface area (Å²) in [7, 11) is 0. The molecule has 12 aromatic rings. The van der Waals surface area contributed by atoms with Gasteiger partial charge in [-0.1, -0.05) is 182 Å². The Bertz CT molecular complexity index is 3780. The van der Waals surface area contributed by atoms with Gasteiger partial charge in [-0.3, -0.25) is 0 Å². The van der Waals surface area contributed by atoms with E-state index in [1.807, 2.05) is 60.7 Å². The monoisotopic (exact) mass is 854 g/mol. The first-order chi connectivity index (χ1) is 33.1. The van der Waals surface area contributed by atoms with E-state index < -0.39 is 0 Å². The van der Waals surface area contributed by atoms with Crippen LogP contribution >= 0.6 is 0 Å². The van der Waals surface area contributed by atoms with Crippen molar-refractivity contribution < 1.29 is 4.42 Å². The predicted octanol–water partition coefficient (Wildman–Crippen LogP) is 16.1. The molecule has 0 radical (unpaired) electrons. The highest BCUT2D eigenvalue weighted by Gasteiger charge is 2.22. The average molecular weight is 855 g/mol. The van der Waals surface area contributed by atoms with Crippen LogP contribution in [0.15, 0.2) is 235 Å². The number of nitriles is 1. The Kier molecular flexibility index (Phi) is 9.82. The Morgan fingerprint density at radius 3 is 1.43 bits per heavy atom. The van der Waals surface area contributed by atoms with Crippen molar-refractivity contribution in [3.05, 3.63) is 236 Å². The smallest absolute Gasteiger partial charge is 0.164 e. The maximum Gasteiger partial charge on any atom is 0.164 e. The molecule has 0 bridgehead atoms. The van der Waals surface area contributed by atoms with Crippen molar-refractivity contribution in [2.75, 3.05) is 0 Å². The third-order valence-electron chi connectivity index (χ3n) is 12.6. The molecule has 0 spiro atoms. The molecule has 0 amide bonds. The molecule has 0 saturated carbocycles. The van der Waals surface area contributed by atoms with Gasteiger partial charge in [0.15, 0.2) is 17.5 Å². The largest absolute Gasteiger partial charge is 0.456 e. The van der Waals surface area contributed by atoms with E-state index in [1.54, 1.807) is 0 Å². The summed E-state index contributed by atoms with van der Waals surface area (Å²) in [5.41, 5.74) is 15.6. The third-order valence-corrected chi connectivity index (χ3v) is 12.6. The van der Waals surface area contributed by atoms with Crippen LogP contribution in [-0.4, -0.2) is 15.0 Å². The highest BCUT2D eigenvalue weighted by Crippen LogP contribution is 2.45. The lowest BCUT2D eigenvalue weighted by Crippen LogP contribution is -2.01. The summed E-state index contributed by atoms with van der Waals surface area (Å²) in [4.78, 5) is 15.7. The molecule has 12 rings (SSSR count). The van der Waals surface area contributed by atoms with Crippen LogP contribution in [0.4, 0.5) is 0 Å². The first-order valence-electron chi connectivity index (χ1n) is 22.3. The van der Waals surface area contributed by atoms with E-state index >= 15 is 0 Å². The van der Waals surface area contributed by atoms with Gasteiger partial charge in [-0.05, 0) is 115 Å². The molecule has 0 fully saturated rings. The maximum atomic E-state index is 9.46. The highest BCUT2D eigenvalue weighted by atomic mass is 16.3. The molecule has 5 nitrogen and oxygen atoms in total. The Balaban J connectivity index is 1.06. The molecule has 0 N–H and O–H groups in total. The van der Waals surface area contributed by atoms with Gasteiger partial charge in [0.1, 0.15) is 11.2 Å². The number of rotatable bonds is 8. The topological polar surface area (TPSA) is 75.6 Å². The Hall–Kier alpha value is -9.24. The van der Waals surface area contributed by atoms with Gasteiger partial charge in [0.25, 0.3) is 0 Å². The van der Waals surface area contributed by atoms with Gasteiger partial charge >= 0.3 is 0 Å². The average Bonchev–Trinajstić information content (AvgIpc) is 3.79. The standard InChI is InChI=1S/C62H38N4O/c63-39-40-28-30-44(31-29-40)53-38-57-59(51-27-14-13-26-50(51)53)52-33-32-48(37-56(52)67-57)61-64-60(45-22-11-4-12-23-45)65-62(66-61)49-35-54(42-18-7-2-8-19-42)58(55(36-49)43-20-9-3-10-21-43)47-25-15-24-46(34-47)41-16-5-1-6-17-41/h1-38H. The van der Waals surface area contributed by atoms with E-state index in [0.717, 1.165) is 105 Å². The number of hydrogen-bond donors (Lipinski definition) is 0. The molecule has 0 atom stereocenters. The van der Waals surface area contributed by atoms with Gasteiger partial charge in [0.2, 0.25) is 0 Å². The fourth-order valence-corrected chi connectivity index (χ4v) is 9.35. The van der Waals surface area contributed by atoms with Crippen molar-refractivity contribution in [3.8, 4) is 95.9 Å². The van der Waals surface area contributed by atoms with E-state index in [0.29, 0.717) is 23.0 Å². The molecule has 0 aliphatic rings. The number of aromatic nitrogens is 3. The van der Waals surface area contributed by atoms with Crippen molar-refractivity contribution in [2.24, 2.45) is 0 Å². The van der Waals surface area contributed by atoms with Crippen molar-refractivity contribution in [2.45, 2.75) is 0 Å². The summed E-state index contributed by atoms with van der Waals surface area (Å²) >= 11 is 0. The van der Waals surface area contributed by atoms with E-state index in [1.165, 1.54) is 0 Å². The molecule has 2 aromatic heterocycles. The van der Waals surface area contributed by atoms with Gasteiger partial charge in [-0.15, -0.1) is 0 Å². The van der Waals surface area contributed by atoms with E-state index in [9.17, 15) is 5.26 Å². The first-order valence-corrected chi connectivity index (χ1v) is 22.3. The molecular formula is C62H38N4O. The lowest BCUT2D eigenvalue weighted by atomic mass is 9.85. The van der Waals surface area contributed by atoms with Crippen LogP contribution in [0.3, 0.4) is 0 Å². The summed E-state index contributed by atoms with van der Waals surface area (Å²) in [5, 5.41) is 13.7. The van der Waals surface area contributed by atoms with Crippen LogP contribution in [0.2, 0.25) is 0 Å². The minimum Gasteiger partial charge on any atom is -0.456 e. The van der Waals surface area contributed by atoms with Crippen LogP contribution in [-0.2, 0) is 0 Å². The fraction of sp³-hybridized carbons (Fsp3) is 0. The summed E-state index contributed by atoms with van der Waals surface area (Å²) in [6.07, 6.45) is 0. The molecule has 67 heavy (non-hydrogen) atoms. The molecule has 0 saturated heterocycles. The fourth-order valence-electron chi connectivity index (χ4n) is 9.35. The van der Waals surface area contributed by atoms with Crippen molar-refractivity contribution in [1.82, 2.24) is 15.0 Å². The summed E-state index contributed by atoms with van der Waals surface area (Å²) in [6.45, 7) is 0. The van der Waals surface area contributed by atoms with Gasteiger partial charge in [0.05, 0.1) is 11.6 Å². The van der Waals surface area contributed by atoms with E-state index in [4.69, 9.17) is 19.4 Å². The molecule has 5 heteroatoms. The highest BCUT2D eigenvalue weighted by molar-refractivity contribution is 6.22. The molecule has 0 aliphatic heterocycles. The number of furan rings is 1. The molecule has 10 aromatic carbocycles. The lowest BCUT2D eigenvalue weighted by Gasteiger charge is -2.19. The number of fused-ring (bicyclic) bond motifs is 5. The van der Waals surface area contributed by atoms with Gasteiger partial charge in [-0.2, -0.15) is 5.26 Å². The minimum absolute atomic E-state index is 0.538. The van der Waals surface area contributed by atoms with Gasteiger partial charge in [0, 0.05) is 27.5 Å². The second-order valence-electron chi connectivity index (χ2n) is 16.6.